The van der Waals surface area contributed by atoms with Gasteiger partial charge in [0, 0.05) is 19.8 Å². The summed E-state index contributed by atoms with van der Waals surface area (Å²) in [5.74, 6) is 0.521. The fourth-order valence-electron chi connectivity index (χ4n) is 0.943. The molecule has 0 amide bonds. The van der Waals surface area contributed by atoms with Crippen LogP contribution in [0.3, 0.4) is 0 Å². The maximum atomic E-state index is 5.84. The molecule has 66 valence electrons. The highest BCUT2D eigenvalue weighted by molar-refractivity contribution is 4.78. The van der Waals surface area contributed by atoms with Gasteiger partial charge in [-0.2, -0.15) is 0 Å². The smallest absolute Gasteiger partial charge is 0.0465 e. The average Bonchev–Trinajstić information content (AvgIpc) is 2.00. The van der Waals surface area contributed by atoms with Gasteiger partial charge in [-0.3, -0.25) is 0 Å². The number of rotatable bonds is 6. The molecule has 2 unspecified atom stereocenters. The van der Waals surface area contributed by atoms with Crippen LogP contribution < -0.4 is 5.73 Å². The van der Waals surface area contributed by atoms with E-state index >= 15 is 0 Å². The molecule has 0 aliphatic carbocycles. The van der Waals surface area contributed by atoms with Crippen molar-refractivity contribution in [3.8, 4) is 0 Å². The van der Waals surface area contributed by atoms with E-state index in [0.29, 0.717) is 5.92 Å². The van der Waals surface area contributed by atoms with Gasteiger partial charge in [-0.15, -0.1) is 6.58 Å². The van der Waals surface area contributed by atoms with Gasteiger partial charge in [0.2, 0.25) is 0 Å². The molecular weight excluding hydrogens is 138 g/mol. The molecule has 0 aromatic rings. The van der Waals surface area contributed by atoms with Gasteiger partial charge in [-0.05, 0) is 18.8 Å². The van der Waals surface area contributed by atoms with Crippen LogP contribution in [0.15, 0.2) is 12.7 Å². The summed E-state index contributed by atoms with van der Waals surface area (Å²) in [5.41, 5.74) is 5.84. The lowest BCUT2D eigenvalue weighted by Gasteiger charge is -2.17. The summed E-state index contributed by atoms with van der Waals surface area (Å²) in [5, 5.41) is 0. The van der Waals surface area contributed by atoms with Gasteiger partial charge in [-0.1, -0.05) is 13.0 Å². The molecule has 0 aliphatic rings. The lowest BCUT2D eigenvalue weighted by molar-refractivity contribution is 0.174. The van der Waals surface area contributed by atoms with Crippen LogP contribution in [0.5, 0.6) is 0 Å². The maximum absolute atomic E-state index is 5.84. The van der Waals surface area contributed by atoms with Crippen LogP contribution in [0.25, 0.3) is 0 Å². The van der Waals surface area contributed by atoms with Crippen molar-refractivity contribution in [3.63, 3.8) is 0 Å². The zero-order valence-electron chi connectivity index (χ0n) is 7.55. The van der Waals surface area contributed by atoms with Gasteiger partial charge in [0.1, 0.15) is 0 Å². The van der Waals surface area contributed by atoms with Crippen molar-refractivity contribution >= 4 is 0 Å². The summed E-state index contributed by atoms with van der Waals surface area (Å²) in [7, 11) is 1.71. The molecular formula is C9H19NO. The number of hydrogen-bond acceptors (Lipinski definition) is 2. The van der Waals surface area contributed by atoms with Gasteiger partial charge >= 0.3 is 0 Å². The Morgan fingerprint density at radius 1 is 1.64 bits per heavy atom. The second-order valence-corrected chi connectivity index (χ2v) is 2.95. The van der Waals surface area contributed by atoms with Crippen molar-refractivity contribution in [2.75, 3.05) is 13.7 Å². The highest BCUT2D eigenvalue weighted by Crippen LogP contribution is 2.09. The van der Waals surface area contributed by atoms with Crippen molar-refractivity contribution in [2.45, 2.75) is 25.8 Å². The number of hydrogen-bond donors (Lipinski definition) is 1. The van der Waals surface area contributed by atoms with E-state index in [-0.39, 0.29) is 6.04 Å². The third kappa shape index (κ3) is 4.99. The summed E-state index contributed by atoms with van der Waals surface area (Å²) >= 11 is 0. The molecule has 0 bridgehead atoms. The highest BCUT2D eigenvalue weighted by Gasteiger charge is 2.09. The Morgan fingerprint density at radius 3 is 2.73 bits per heavy atom. The highest BCUT2D eigenvalue weighted by atomic mass is 16.5. The molecule has 0 fully saturated rings. The van der Waals surface area contributed by atoms with E-state index in [0.717, 1.165) is 19.4 Å². The predicted octanol–water partition coefficient (Wildman–Crippen LogP) is 1.56. The average molecular weight is 157 g/mol. The molecule has 0 rings (SSSR count). The van der Waals surface area contributed by atoms with E-state index in [2.05, 4.69) is 13.5 Å². The van der Waals surface area contributed by atoms with E-state index in [1.165, 1.54) is 0 Å². The quantitative estimate of drug-likeness (QED) is 0.594. The third-order valence-electron chi connectivity index (χ3n) is 1.95. The van der Waals surface area contributed by atoms with Crippen molar-refractivity contribution < 1.29 is 4.74 Å². The molecule has 0 aliphatic heterocycles. The molecule has 0 aromatic carbocycles. The zero-order chi connectivity index (χ0) is 8.69. The van der Waals surface area contributed by atoms with E-state index in [1.54, 1.807) is 7.11 Å². The molecule has 0 saturated heterocycles. The monoisotopic (exact) mass is 157 g/mol. The van der Waals surface area contributed by atoms with E-state index in [9.17, 15) is 0 Å². The zero-order valence-corrected chi connectivity index (χ0v) is 7.55. The molecule has 0 spiro atoms. The molecule has 0 aromatic heterocycles. The number of methoxy groups -OCH3 is 1. The molecule has 0 radical (unpaired) electrons. The minimum Gasteiger partial charge on any atom is -0.385 e. The SMILES string of the molecule is C=CCC(N)C(C)CCOC. The van der Waals surface area contributed by atoms with Crippen LogP contribution in [0.2, 0.25) is 0 Å². The summed E-state index contributed by atoms with van der Waals surface area (Å²) in [6.45, 7) is 6.60. The Morgan fingerprint density at radius 2 is 2.27 bits per heavy atom. The van der Waals surface area contributed by atoms with E-state index < -0.39 is 0 Å². The lowest BCUT2D eigenvalue weighted by Crippen LogP contribution is -2.28. The Balaban J connectivity index is 3.45. The molecule has 2 atom stereocenters. The van der Waals surface area contributed by atoms with Gasteiger partial charge in [-0.25, -0.2) is 0 Å². The van der Waals surface area contributed by atoms with Crippen LogP contribution in [-0.4, -0.2) is 19.8 Å². The van der Waals surface area contributed by atoms with Crippen molar-refractivity contribution in [1.82, 2.24) is 0 Å². The first-order chi connectivity index (χ1) is 5.22. The summed E-state index contributed by atoms with van der Waals surface area (Å²) in [4.78, 5) is 0. The fourth-order valence-corrected chi connectivity index (χ4v) is 0.943. The normalized spacial score (nSPS) is 15.9. The Bertz CT molecular complexity index is 104. The van der Waals surface area contributed by atoms with Crippen LogP contribution in [-0.2, 0) is 4.74 Å². The topological polar surface area (TPSA) is 35.2 Å². The Hall–Kier alpha value is -0.340. The van der Waals surface area contributed by atoms with Gasteiger partial charge in [0.05, 0.1) is 0 Å². The van der Waals surface area contributed by atoms with Crippen LogP contribution in [0.4, 0.5) is 0 Å². The first-order valence-corrected chi connectivity index (χ1v) is 4.07. The standard InChI is InChI=1S/C9H19NO/c1-4-5-9(10)8(2)6-7-11-3/h4,8-9H,1,5-7,10H2,2-3H3. The maximum Gasteiger partial charge on any atom is 0.0465 e. The van der Waals surface area contributed by atoms with Gasteiger partial charge in [0.25, 0.3) is 0 Å². The third-order valence-corrected chi connectivity index (χ3v) is 1.95. The fraction of sp³-hybridized carbons (Fsp3) is 0.778. The molecule has 2 heteroatoms. The van der Waals surface area contributed by atoms with Crippen LogP contribution in [0.1, 0.15) is 19.8 Å². The first-order valence-electron chi connectivity index (χ1n) is 4.07. The van der Waals surface area contributed by atoms with Crippen molar-refractivity contribution in [3.05, 3.63) is 12.7 Å². The minimum absolute atomic E-state index is 0.239. The lowest BCUT2D eigenvalue weighted by atomic mass is 9.97. The summed E-state index contributed by atoms with van der Waals surface area (Å²) in [6, 6.07) is 0.239. The molecule has 11 heavy (non-hydrogen) atoms. The van der Waals surface area contributed by atoms with Crippen LogP contribution in [0, 0.1) is 5.92 Å². The second-order valence-electron chi connectivity index (χ2n) is 2.95. The first kappa shape index (κ1) is 10.7. The van der Waals surface area contributed by atoms with E-state index in [1.807, 2.05) is 6.08 Å². The van der Waals surface area contributed by atoms with Crippen LogP contribution >= 0.6 is 0 Å². The molecule has 0 saturated carbocycles. The Labute approximate surface area is 69.4 Å². The molecule has 2 N–H and O–H groups in total. The number of nitrogens with two attached hydrogens (primary N) is 1. The van der Waals surface area contributed by atoms with Crippen molar-refractivity contribution in [1.29, 1.82) is 0 Å². The Kier molecular flexibility index (Phi) is 6.18. The summed E-state index contributed by atoms with van der Waals surface area (Å²) < 4.78 is 4.96. The minimum atomic E-state index is 0.239. The van der Waals surface area contributed by atoms with Gasteiger partial charge in [0.15, 0.2) is 0 Å². The molecule has 0 heterocycles. The van der Waals surface area contributed by atoms with Crippen molar-refractivity contribution in [2.24, 2.45) is 11.7 Å². The van der Waals surface area contributed by atoms with E-state index in [4.69, 9.17) is 10.5 Å². The predicted molar refractivity (Wildman–Crippen MR) is 48.4 cm³/mol. The molecule has 2 nitrogen and oxygen atoms in total. The summed E-state index contributed by atoms with van der Waals surface area (Å²) in [6.07, 6.45) is 3.80. The van der Waals surface area contributed by atoms with Gasteiger partial charge < -0.3 is 10.5 Å². The number of ether oxygens (including phenoxy) is 1. The largest absolute Gasteiger partial charge is 0.385 e. The second kappa shape index (κ2) is 6.38.